The maximum absolute atomic E-state index is 4.32. The van der Waals surface area contributed by atoms with Crippen LogP contribution < -0.4 is 9.80 Å². The zero-order valence-corrected chi connectivity index (χ0v) is 12.1. The van der Waals surface area contributed by atoms with Crippen LogP contribution in [0.4, 0.5) is 11.6 Å². The minimum atomic E-state index is 0.814. The lowest BCUT2D eigenvalue weighted by molar-refractivity contribution is 0.640. The number of piperazine rings is 1. The summed E-state index contributed by atoms with van der Waals surface area (Å²) in [6.07, 6.45) is 7.02. The Morgan fingerprint density at radius 3 is 2.45 bits per heavy atom. The Morgan fingerprint density at radius 2 is 1.64 bits per heavy atom. The average molecular weight is 292 g/mol. The Labute approximate surface area is 128 Å². The van der Waals surface area contributed by atoms with E-state index >= 15 is 0 Å². The van der Waals surface area contributed by atoms with Crippen LogP contribution in [0.3, 0.4) is 0 Å². The van der Waals surface area contributed by atoms with Crippen molar-refractivity contribution in [3.63, 3.8) is 0 Å². The molecule has 0 unspecified atom stereocenters. The van der Waals surface area contributed by atoms with Crippen molar-refractivity contribution in [1.82, 2.24) is 19.9 Å². The van der Waals surface area contributed by atoms with E-state index in [1.165, 1.54) is 5.69 Å². The van der Waals surface area contributed by atoms with Crippen molar-refractivity contribution < 1.29 is 0 Å². The number of hydrogen-bond donors (Lipinski definition) is 0. The summed E-state index contributed by atoms with van der Waals surface area (Å²) in [5.41, 5.74) is 2.20. The van der Waals surface area contributed by atoms with Gasteiger partial charge in [-0.05, 0) is 24.3 Å². The first-order valence-corrected chi connectivity index (χ1v) is 7.37. The maximum atomic E-state index is 4.32. The third kappa shape index (κ3) is 2.43. The first kappa shape index (κ1) is 12.9. The lowest BCUT2D eigenvalue weighted by Crippen LogP contribution is -2.47. The van der Waals surface area contributed by atoms with E-state index in [0.717, 1.165) is 43.0 Å². The fourth-order valence-electron chi connectivity index (χ4n) is 2.79. The molecule has 0 N–H and O–H groups in total. The van der Waals surface area contributed by atoms with E-state index in [0.29, 0.717) is 0 Å². The van der Waals surface area contributed by atoms with Gasteiger partial charge in [-0.3, -0.25) is 0 Å². The SMILES string of the molecule is c1cnc(N2CCN(c3ccc4ncncc4c3)CC2)nc1. The van der Waals surface area contributed by atoms with E-state index in [9.17, 15) is 0 Å². The van der Waals surface area contributed by atoms with Gasteiger partial charge in [0.05, 0.1) is 5.52 Å². The summed E-state index contributed by atoms with van der Waals surface area (Å²) in [5.74, 6) is 0.814. The molecule has 1 aliphatic heterocycles. The molecular formula is C16H16N6. The third-order valence-electron chi connectivity index (χ3n) is 3.97. The molecular weight excluding hydrogens is 276 g/mol. The highest BCUT2D eigenvalue weighted by Gasteiger charge is 2.19. The van der Waals surface area contributed by atoms with Gasteiger partial charge in [0.25, 0.3) is 0 Å². The lowest BCUT2D eigenvalue weighted by Gasteiger charge is -2.36. The van der Waals surface area contributed by atoms with E-state index in [1.54, 1.807) is 18.7 Å². The van der Waals surface area contributed by atoms with E-state index < -0.39 is 0 Å². The van der Waals surface area contributed by atoms with E-state index in [4.69, 9.17) is 0 Å². The van der Waals surface area contributed by atoms with E-state index in [1.807, 2.05) is 12.3 Å². The molecule has 0 bridgehead atoms. The van der Waals surface area contributed by atoms with Crippen LogP contribution >= 0.6 is 0 Å². The molecule has 6 nitrogen and oxygen atoms in total. The summed E-state index contributed by atoms with van der Waals surface area (Å²) in [6, 6.07) is 8.18. The standard InChI is InChI=1S/C16H16N6/c1-4-18-16(19-5-1)22-8-6-21(7-9-22)14-2-3-15-13(10-14)11-17-12-20-15/h1-5,10-12H,6-9H2. The van der Waals surface area contributed by atoms with Gasteiger partial charge in [0.15, 0.2) is 0 Å². The number of anilines is 2. The van der Waals surface area contributed by atoms with Crippen molar-refractivity contribution in [2.45, 2.75) is 0 Å². The van der Waals surface area contributed by atoms with Crippen molar-refractivity contribution in [1.29, 1.82) is 0 Å². The van der Waals surface area contributed by atoms with Crippen LogP contribution in [-0.2, 0) is 0 Å². The van der Waals surface area contributed by atoms with Crippen LogP contribution in [0.5, 0.6) is 0 Å². The molecule has 4 rings (SSSR count). The highest BCUT2D eigenvalue weighted by Crippen LogP contribution is 2.22. The molecule has 3 aromatic rings. The van der Waals surface area contributed by atoms with Gasteiger partial charge < -0.3 is 9.80 Å². The Balaban J connectivity index is 1.50. The van der Waals surface area contributed by atoms with E-state index in [-0.39, 0.29) is 0 Å². The first-order chi connectivity index (χ1) is 10.9. The van der Waals surface area contributed by atoms with Crippen LogP contribution in [0.2, 0.25) is 0 Å². The predicted octanol–water partition coefficient (Wildman–Crippen LogP) is 1.75. The Hall–Kier alpha value is -2.76. The van der Waals surface area contributed by atoms with Crippen molar-refractivity contribution in [2.24, 2.45) is 0 Å². The highest BCUT2D eigenvalue weighted by atomic mass is 15.3. The molecule has 0 aliphatic carbocycles. The third-order valence-corrected chi connectivity index (χ3v) is 3.97. The monoisotopic (exact) mass is 292 g/mol. The summed E-state index contributed by atoms with van der Waals surface area (Å²) >= 11 is 0. The van der Waals surface area contributed by atoms with Gasteiger partial charge in [-0.15, -0.1) is 0 Å². The number of nitrogens with zero attached hydrogens (tertiary/aromatic N) is 6. The lowest BCUT2D eigenvalue weighted by atomic mass is 10.2. The molecule has 1 aliphatic rings. The minimum absolute atomic E-state index is 0.814. The molecule has 1 fully saturated rings. The second-order valence-electron chi connectivity index (χ2n) is 5.29. The molecule has 0 saturated carbocycles. The highest BCUT2D eigenvalue weighted by molar-refractivity contribution is 5.81. The Kier molecular flexibility index (Phi) is 3.27. The van der Waals surface area contributed by atoms with Gasteiger partial charge >= 0.3 is 0 Å². The van der Waals surface area contributed by atoms with Crippen LogP contribution in [0.25, 0.3) is 10.9 Å². The van der Waals surface area contributed by atoms with Crippen LogP contribution in [0.1, 0.15) is 0 Å². The second-order valence-corrected chi connectivity index (χ2v) is 5.29. The normalized spacial score (nSPS) is 15.3. The van der Waals surface area contributed by atoms with Gasteiger partial charge in [0.1, 0.15) is 6.33 Å². The Morgan fingerprint density at radius 1 is 0.864 bits per heavy atom. The van der Waals surface area contributed by atoms with Crippen molar-refractivity contribution in [2.75, 3.05) is 36.0 Å². The zero-order chi connectivity index (χ0) is 14.8. The average Bonchev–Trinajstić information content (AvgIpc) is 2.62. The van der Waals surface area contributed by atoms with Crippen molar-refractivity contribution in [3.8, 4) is 0 Å². The van der Waals surface area contributed by atoms with Crippen LogP contribution in [-0.4, -0.2) is 46.1 Å². The maximum Gasteiger partial charge on any atom is 0.225 e. The molecule has 1 saturated heterocycles. The van der Waals surface area contributed by atoms with Gasteiger partial charge in [0, 0.05) is 55.8 Å². The molecule has 1 aromatic carbocycles. The molecule has 0 spiro atoms. The molecule has 22 heavy (non-hydrogen) atoms. The number of rotatable bonds is 2. The predicted molar refractivity (Wildman–Crippen MR) is 86.0 cm³/mol. The topological polar surface area (TPSA) is 58.0 Å². The van der Waals surface area contributed by atoms with Gasteiger partial charge in [-0.2, -0.15) is 0 Å². The Bertz CT molecular complexity index is 768. The summed E-state index contributed by atoms with van der Waals surface area (Å²) in [7, 11) is 0. The molecule has 0 radical (unpaired) electrons. The number of aromatic nitrogens is 4. The molecule has 2 aromatic heterocycles. The van der Waals surface area contributed by atoms with Gasteiger partial charge in [-0.25, -0.2) is 19.9 Å². The van der Waals surface area contributed by atoms with Crippen LogP contribution in [0.15, 0.2) is 49.2 Å². The number of fused-ring (bicyclic) bond motifs is 1. The van der Waals surface area contributed by atoms with Gasteiger partial charge in [0.2, 0.25) is 5.95 Å². The molecule has 0 atom stereocenters. The summed E-state index contributed by atoms with van der Waals surface area (Å²) in [5, 5.41) is 1.08. The smallest absolute Gasteiger partial charge is 0.225 e. The molecule has 3 heterocycles. The first-order valence-electron chi connectivity index (χ1n) is 7.37. The quantitative estimate of drug-likeness (QED) is 0.717. The summed E-state index contributed by atoms with van der Waals surface area (Å²) in [4.78, 5) is 21.6. The minimum Gasteiger partial charge on any atom is -0.368 e. The summed E-state index contributed by atoms with van der Waals surface area (Å²) in [6.45, 7) is 3.76. The second kappa shape index (κ2) is 5.55. The van der Waals surface area contributed by atoms with Gasteiger partial charge in [-0.1, -0.05) is 0 Å². The number of hydrogen-bond acceptors (Lipinski definition) is 6. The molecule has 0 amide bonds. The fourth-order valence-corrected chi connectivity index (χ4v) is 2.79. The fraction of sp³-hybridized carbons (Fsp3) is 0.250. The van der Waals surface area contributed by atoms with Crippen LogP contribution in [0, 0.1) is 0 Å². The van der Waals surface area contributed by atoms with Crippen molar-refractivity contribution in [3.05, 3.63) is 49.2 Å². The molecule has 6 heteroatoms. The molecule has 110 valence electrons. The largest absolute Gasteiger partial charge is 0.368 e. The van der Waals surface area contributed by atoms with E-state index in [2.05, 4.69) is 47.9 Å². The number of benzene rings is 1. The summed E-state index contributed by atoms with van der Waals surface area (Å²) < 4.78 is 0. The zero-order valence-electron chi connectivity index (χ0n) is 12.1. The van der Waals surface area contributed by atoms with Crippen molar-refractivity contribution >= 4 is 22.5 Å².